The Labute approximate surface area is 173 Å². The summed E-state index contributed by atoms with van der Waals surface area (Å²) in [7, 11) is 1.77. The first kappa shape index (κ1) is 20.4. The molecular weight excluding hydrogens is 393 g/mol. The van der Waals surface area contributed by atoms with Gasteiger partial charge in [-0.25, -0.2) is 18.2 Å². The van der Waals surface area contributed by atoms with Crippen molar-refractivity contribution >= 4 is 5.69 Å². The van der Waals surface area contributed by atoms with Crippen molar-refractivity contribution in [3.8, 4) is 0 Å². The van der Waals surface area contributed by atoms with Crippen LogP contribution in [-0.4, -0.2) is 45.7 Å². The number of hydrogen-bond acceptors (Lipinski definition) is 4. The van der Waals surface area contributed by atoms with Crippen molar-refractivity contribution in [3.63, 3.8) is 0 Å². The van der Waals surface area contributed by atoms with Crippen molar-refractivity contribution in [2.24, 2.45) is 7.05 Å². The number of aromatic nitrogens is 2. The fourth-order valence-corrected chi connectivity index (χ4v) is 3.91. The summed E-state index contributed by atoms with van der Waals surface area (Å²) in [6, 6.07) is 8.81. The maximum absolute atomic E-state index is 14.8. The monoisotopic (exact) mass is 416 g/mol. The number of rotatable bonds is 5. The van der Waals surface area contributed by atoms with Gasteiger partial charge in [0.05, 0.1) is 5.69 Å². The molecule has 0 aliphatic carbocycles. The molecule has 1 saturated heterocycles. The molecule has 5 nitrogen and oxygen atoms in total. The molecule has 1 aliphatic rings. The van der Waals surface area contributed by atoms with Gasteiger partial charge in [0.15, 0.2) is 11.6 Å². The molecule has 2 heterocycles. The van der Waals surface area contributed by atoms with Gasteiger partial charge in [-0.1, -0.05) is 24.3 Å². The van der Waals surface area contributed by atoms with Crippen molar-refractivity contribution < 1.29 is 18.3 Å². The Balaban J connectivity index is 1.51. The molecule has 8 heteroatoms. The number of anilines is 1. The van der Waals surface area contributed by atoms with Crippen LogP contribution in [0, 0.1) is 17.5 Å². The first-order valence-corrected chi connectivity index (χ1v) is 9.79. The van der Waals surface area contributed by atoms with E-state index in [2.05, 4.69) is 4.98 Å². The average Bonchev–Trinajstić information content (AvgIpc) is 3.17. The second-order valence-corrected chi connectivity index (χ2v) is 7.45. The summed E-state index contributed by atoms with van der Waals surface area (Å²) in [5.41, 5.74) is 1.11. The van der Waals surface area contributed by atoms with Gasteiger partial charge >= 0.3 is 0 Å². The van der Waals surface area contributed by atoms with Crippen LogP contribution >= 0.6 is 0 Å². The van der Waals surface area contributed by atoms with E-state index in [0.29, 0.717) is 48.8 Å². The number of nitrogens with zero attached hydrogens (tertiary/aromatic N) is 4. The summed E-state index contributed by atoms with van der Waals surface area (Å²) in [6.45, 7) is 2.40. The van der Waals surface area contributed by atoms with Crippen LogP contribution in [0.15, 0.2) is 48.8 Å². The highest BCUT2D eigenvalue weighted by atomic mass is 19.2. The highest BCUT2D eigenvalue weighted by Crippen LogP contribution is 2.33. The van der Waals surface area contributed by atoms with Crippen LogP contribution in [-0.2, 0) is 13.6 Å². The molecule has 1 aliphatic heterocycles. The normalized spacial score (nSPS) is 16.1. The van der Waals surface area contributed by atoms with Crippen molar-refractivity contribution in [2.45, 2.75) is 12.6 Å². The maximum Gasteiger partial charge on any atom is 0.163 e. The zero-order chi connectivity index (χ0) is 21.3. The Morgan fingerprint density at radius 1 is 1.00 bits per heavy atom. The van der Waals surface area contributed by atoms with Crippen LogP contribution in [0.3, 0.4) is 0 Å². The minimum absolute atomic E-state index is 0.289. The second-order valence-electron chi connectivity index (χ2n) is 7.45. The number of aryl methyl sites for hydroxylation is 1. The third kappa shape index (κ3) is 3.93. The third-order valence-corrected chi connectivity index (χ3v) is 5.53. The Morgan fingerprint density at radius 2 is 1.70 bits per heavy atom. The largest absolute Gasteiger partial charge is 0.380 e. The van der Waals surface area contributed by atoms with Crippen LogP contribution in [0.2, 0.25) is 0 Å². The summed E-state index contributed by atoms with van der Waals surface area (Å²) < 4.78 is 43.9. The summed E-state index contributed by atoms with van der Waals surface area (Å²) in [4.78, 5) is 8.07. The van der Waals surface area contributed by atoms with Gasteiger partial charge in [0.1, 0.15) is 17.7 Å². The molecule has 0 amide bonds. The molecule has 4 rings (SSSR count). The number of aliphatic hydroxyl groups is 1. The predicted molar refractivity (Wildman–Crippen MR) is 108 cm³/mol. The quantitative estimate of drug-likeness (QED) is 0.694. The molecule has 0 spiro atoms. The van der Waals surface area contributed by atoms with Gasteiger partial charge in [0.2, 0.25) is 0 Å². The number of benzene rings is 2. The Bertz CT molecular complexity index is 1030. The zero-order valence-corrected chi connectivity index (χ0v) is 16.6. The molecule has 0 bridgehead atoms. The lowest BCUT2D eigenvalue weighted by Gasteiger charge is -2.37. The molecule has 0 saturated carbocycles. The van der Waals surface area contributed by atoms with Gasteiger partial charge in [-0.05, 0) is 12.1 Å². The van der Waals surface area contributed by atoms with Gasteiger partial charge in [0.25, 0.3) is 0 Å². The van der Waals surface area contributed by atoms with Crippen LogP contribution < -0.4 is 4.90 Å². The summed E-state index contributed by atoms with van der Waals surface area (Å²) in [5.74, 6) is -1.66. The lowest BCUT2D eigenvalue weighted by Crippen LogP contribution is -2.46. The number of halogens is 3. The lowest BCUT2D eigenvalue weighted by atomic mass is 10.0. The van der Waals surface area contributed by atoms with E-state index in [9.17, 15) is 18.3 Å². The van der Waals surface area contributed by atoms with Crippen LogP contribution in [0.1, 0.15) is 23.1 Å². The first-order chi connectivity index (χ1) is 14.5. The van der Waals surface area contributed by atoms with E-state index in [1.807, 2.05) is 9.80 Å². The minimum Gasteiger partial charge on any atom is -0.380 e. The van der Waals surface area contributed by atoms with Crippen molar-refractivity contribution in [3.05, 3.63) is 83.2 Å². The first-order valence-electron chi connectivity index (χ1n) is 9.79. The lowest BCUT2D eigenvalue weighted by molar-refractivity contribution is 0.205. The van der Waals surface area contributed by atoms with E-state index < -0.39 is 23.6 Å². The number of hydrogen-bond donors (Lipinski definition) is 1. The Morgan fingerprint density at radius 3 is 2.40 bits per heavy atom. The van der Waals surface area contributed by atoms with Gasteiger partial charge < -0.3 is 14.6 Å². The van der Waals surface area contributed by atoms with E-state index in [1.54, 1.807) is 42.2 Å². The molecule has 30 heavy (non-hydrogen) atoms. The Kier molecular flexibility index (Phi) is 5.78. The average molecular weight is 416 g/mol. The van der Waals surface area contributed by atoms with Crippen molar-refractivity contribution in [2.75, 3.05) is 31.1 Å². The zero-order valence-electron chi connectivity index (χ0n) is 16.6. The van der Waals surface area contributed by atoms with E-state index in [-0.39, 0.29) is 6.54 Å². The molecule has 158 valence electrons. The van der Waals surface area contributed by atoms with Crippen molar-refractivity contribution in [1.82, 2.24) is 14.5 Å². The molecule has 2 aromatic carbocycles. The fourth-order valence-electron chi connectivity index (χ4n) is 3.91. The summed E-state index contributed by atoms with van der Waals surface area (Å²) in [6.07, 6.45) is 2.25. The number of piperazine rings is 1. The minimum atomic E-state index is -1.06. The van der Waals surface area contributed by atoms with Crippen molar-refractivity contribution in [1.29, 1.82) is 0 Å². The SMILES string of the molecule is Cn1ccnc1C(O)c1cccc(F)c1N1CCN(Cc2cccc(F)c2F)CC1. The Hall–Kier alpha value is -2.84. The number of imidazole rings is 1. The van der Waals surface area contributed by atoms with Gasteiger partial charge in [0, 0.05) is 63.3 Å². The highest BCUT2D eigenvalue weighted by Gasteiger charge is 2.27. The molecular formula is C22H23F3N4O. The number of aliphatic hydroxyl groups excluding tert-OH is 1. The maximum atomic E-state index is 14.8. The molecule has 1 atom stereocenters. The van der Waals surface area contributed by atoms with E-state index in [0.717, 1.165) is 6.07 Å². The third-order valence-electron chi connectivity index (χ3n) is 5.53. The molecule has 1 aromatic heterocycles. The van der Waals surface area contributed by atoms with Crippen LogP contribution in [0.4, 0.5) is 18.9 Å². The molecule has 1 unspecified atom stereocenters. The smallest absolute Gasteiger partial charge is 0.163 e. The fraction of sp³-hybridized carbons (Fsp3) is 0.318. The van der Waals surface area contributed by atoms with Crippen LogP contribution in [0.5, 0.6) is 0 Å². The predicted octanol–water partition coefficient (Wildman–Crippen LogP) is 3.24. The second kappa shape index (κ2) is 8.49. The summed E-state index contributed by atoms with van der Waals surface area (Å²) in [5, 5.41) is 10.8. The topological polar surface area (TPSA) is 44.5 Å². The van der Waals surface area contributed by atoms with E-state index >= 15 is 0 Å². The molecule has 0 radical (unpaired) electrons. The summed E-state index contributed by atoms with van der Waals surface area (Å²) >= 11 is 0. The van der Waals surface area contributed by atoms with Gasteiger partial charge in [-0.15, -0.1) is 0 Å². The highest BCUT2D eigenvalue weighted by molar-refractivity contribution is 5.57. The standard InChI is InChI=1S/C22H23F3N4O/c1-27-9-8-26-22(27)21(30)16-5-3-7-18(24)20(16)29-12-10-28(11-13-29)14-15-4-2-6-17(23)19(15)25/h2-9,21,30H,10-14H2,1H3. The molecule has 1 fully saturated rings. The van der Waals surface area contributed by atoms with E-state index in [4.69, 9.17) is 0 Å². The number of para-hydroxylation sites is 1. The van der Waals surface area contributed by atoms with Crippen LogP contribution in [0.25, 0.3) is 0 Å². The van der Waals surface area contributed by atoms with Gasteiger partial charge in [-0.2, -0.15) is 0 Å². The van der Waals surface area contributed by atoms with E-state index in [1.165, 1.54) is 12.1 Å². The van der Waals surface area contributed by atoms with Gasteiger partial charge in [-0.3, -0.25) is 4.90 Å². The molecule has 3 aromatic rings. The molecule has 1 N–H and O–H groups in total.